The van der Waals surface area contributed by atoms with Crippen molar-refractivity contribution in [3.8, 4) is 0 Å². The van der Waals surface area contributed by atoms with Gasteiger partial charge in [0.05, 0.1) is 0 Å². The zero-order valence-corrected chi connectivity index (χ0v) is 16.5. The maximum Gasteiger partial charge on any atom is 0.193 e. The summed E-state index contributed by atoms with van der Waals surface area (Å²) < 4.78 is 0. The summed E-state index contributed by atoms with van der Waals surface area (Å²) in [6.07, 6.45) is 9.77. The Morgan fingerprint density at radius 1 is 1.30 bits per heavy atom. The number of guanidine groups is 1. The van der Waals surface area contributed by atoms with Crippen LogP contribution in [0, 0.1) is 5.41 Å². The molecule has 1 spiro atoms. The Hall–Kier alpha value is -0.850. The van der Waals surface area contributed by atoms with E-state index in [9.17, 15) is 0 Å². The molecule has 2 fully saturated rings. The van der Waals surface area contributed by atoms with Gasteiger partial charge in [-0.3, -0.25) is 9.98 Å². The molecule has 1 saturated carbocycles. The molecule has 5 heteroatoms. The number of nitrogens with one attached hydrogen (secondary N) is 1. The second-order valence-corrected chi connectivity index (χ2v) is 6.69. The number of rotatable bonds is 4. The second kappa shape index (κ2) is 8.85. The fraction of sp³-hybridized carbons (Fsp3) is 0.667. The number of halogens is 1. The van der Waals surface area contributed by atoms with E-state index in [1.54, 1.807) is 0 Å². The first kappa shape index (κ1) is 18.5. The Bertz CT molecular complexity index is 497. The van der Waals surface area contributed by atoms with Gasteiger partial charge in [0.25, 0.3) is 0 Å². The summed E-state index contributed by atoms with van der Waals surface area (Å²) in [5.41, 5.74) is 1.72. The largest absolute Gasteiger partial charge is 0.357 e. The molecule has 0 unspecified atom stereocenters. The quantitative estimate of drug-likeness (QED) is 0.454. The minimum absolute atomic E-state index is 0. The highest BCUT2D eigenvalue weighted by atomic mass is 127. The van der Waals surface area contributed by atoms with Gasteiger partial charge in [0.2, 0.25) is 0 Å². The van der Waals surface area contributed by atoms with Crippen molar-refractivity contribution in [2.24, 2.45) is 10.4 Å². The maximum atomic E-state index is 4.84. The van der Waals surface area contributed by atoms with E-state index in [0.29, 0.717) is 5.41 Å². The Labute approximate surface area is 157 Å². The first-order chi connectivity index (χ1) is 10.8. The molecule has 1 aromatic rings. The average Bonchev–Trinajstić information content (AvgIpc) is 3.18. The van der Waals surface area contributed by atoms with Crippen molar-refractivity contribution in [1.82, 2.24) is 15.2 Å². The van der Waals surface area contributed by atoms with Crippen LogP contribution in [0.15, 0.2) is 29.4 Å². The summed E-state index contributed by atoms with van der Waals surface area (Å²) in [5.74, 6) is 1.10. The molecule has 0 bridgehead atoms. The van der Waals surface area contributed by atoms with E-state index in [-0.39, 0.29) is 24.0 Å². The standard InChI is InChI=1S/C18H28N4.HI/c1-2-19-17(21-13-8-16-7-3-6-12-20-16)22-14-11-18(15-22)9-4-5-10-18;/h3,6-7,12H,2,4-5,8-11,13-15H2,1H3,(H,19,21);1H. The van der Waals surface area contributed by atoms with Crippen molar-refractivity contribution in [1.29, 1.82) is 0 Å². The third kappa shape index (κ3) is 4.81. The van der Waals surface area contributed by atoms with Crippen LogP contribution in [0.2, 0.25) is 0 Å². The summed E-state index contributed by atoms with van der Waals surface area (Å²) in [6.45, 7) is 6.25. The molecule has 1 aliphatic heterocycles. The van der Waals surface area contributed by atoms with Gasteiger partial charge in [-0.15, -0.1) is 24.0 Å². The molecule has 1 aromatic heterocycles. The van der Waals surface area contributed by atoms with Crippen molar-refractivity contribution < 1.29 is 0 Å². The van der Waals surface area contributed by atoms with Crippen molar-refractivity contribution in [2.75, 3.05) is 26.2 Å². The van der Waals surface area contributed by atoms with Crippen molar-refractivity contribution >= 4 is 29.9 Å². The summed E-state index contributed by atoms with van der Waals surface area (Å²) in [6, 6.07) is 6.08. The molecule has 4 nitrogen and oxygen atoms in total. The SMILES string of the molecule is CCNC(=NCCc1ccccn1)N1CCC2(CCCC2)C1.I. The molecule has 1 saturated heterocycles. The molecular weight excluding hydrogens is 399 g/mol. The highest BCUT2D eigenvalue weighted by Gasteiger charge is 2.40. The predicted octanol–water partition coefficient (Wildman–Crippen LogP) is 3.47. The smallest absolute Gasteiger partial charge is 0.193 e. The molecule has 2 aliphatic rings. The number of pyridine rings is 1. The third-order valence-corrected chi connectivity index (χ3v) is 5.09. The fourth-order valence-corrected chi connectivity index (χ4v) is 3.90. The molecule has 128 valence electrons. The van der Waals surface area contributed by atoms with Crippen molar-refractivity contribution in [2.45, 2.75) is 45.4 Å². The Balaban J connectivity index is 0.00000192. The number of aromatic nitrogens is 1. The molecule has 1 N–H and O–H groups in total. The Kier molecular flexibility index (Phi) is 7.11. The lowest BCUT2D eigenvalue weighted by molar-refractivity contribution is 0.309. The lowest BCUT2D eigenvalue weighted by Crippen LogP contribution is -2.41. The van der Waals surface area contributed by atoms with Gasteiger partial charge < -0.3 is 10.2 Å². The van der Waals surface area contributed by atoms with Gasteiger partial charge in [0, 0.05) is 44.5 Å². The first-order valence-corrected chi connectivity index (χ1v) is 8.74. The van der Waals surface area contributed by atoms with Crippen LogP contribution in [0.25, 0.3) is 0 Å². The van der Waals surface area contributed by atoms with Crippen LogP contribution in [0.1, 0.15) is 44.7 Å². The highest BCUT2D eigenvalue weighted by molar-refractivity contribution is 14.0. The number of hydrogen-bond donors (Lipinski definition) is 1. The fourth-order valence-electron chi connectivity index (χ4n) is 3.90. The molecular formula is C18H29IN4. The van der Waals surface area contributed by atoms with E-state index >= 15 is 0 Å². The van der Waals surface area contributed by atoms with Gasteiger partial charge in [-0.1, -0.05) is 18.9 Å². The van der Waals surface area contributed by atoms with Crippen LogP contribution < -0.4 is 5.32 Å². The highest BCUT2D eigenvalue weighted by Crippen LogP contribution is 2.45. The summed E-state index contributed by atoms with van der Waals surface area (Å²) in [7, 11) is 0. The zero-order chi connectivity index (χ0) is 15.3. The molecule has 0 radical (unpaired) electrons. The van der Waals surface area contributed by atoms with E-state index in [1.807, 2.05) is 18.3 Å². The van der Waals surface area contributed by atoms with E-state index in [4.69, 9.17) is 4.99 Å². The Morgan fingerprint density at radius 2 is 2.13 bits per heavy atom. The monoisotopic (exact) mass is 428 g/mol. The van der Waals surface area contributed by atoms with Crippen LogP contribution in [0.3, 0.4) is 0 Å². The van der Waals surface area contributed by atoms with Crippen molar-refractivity contribution in [3.63, 3.8) is 0 Å². The summed E-state index contributed by atoms with van der Waals surface area (Å²) in [4.78, 5) is 11.7. The summed E-state index contributed by atoms with van der Waals surface area (Å²) in [5, 5.41) is 3.47. The van der Waals surface area contributed by atoms with Gasteiger partial charge in [-0.25, -0.2) is 0 Å². The molecule has 1 aliphatic carbocycles. The van der Waals surface area contributed by atoms with Gasteiger partial charge >= 0.3 is 0 Å². The molecule has 0 atom stereocenters. The molecule has 0 aromatic carbocycles. The molecule has 2 heterocycles. The third-order valence-electron chi connectivity index (χ3n) is 5.09. The average molecular weight is 428 g/mol. The van der Waals surface area contributed by atoms with Gasteiger partial charge in [0.1, 0.15) is 0 Å². The molecule has 0 amide bonds. The number of hydrogen-bond acceptors (Lipinski definition) is 2. The van der Waals surface area contributed by atoms with Crippen LogP contribution >= 0.6 is 24.0 Å². The van der Waals surface area contributed by atoms with E-state index < -0.39 is 0 Å². The Morgan fingerprint density at radius 3 is 2.83 bits per heavy atom. The minimum atomic E-state index is 0. The number of nitrogens with zero attached hydrogens (tertiary/aromatic N) is 3. The van der Waals surface area contributed by atoms with E-state index in [0.717, 1.165) is 37.7 Å². The van der Waals surface area contributed by atoms with Crippen LogP contribution in [-0.4, -0.2) is 42.0 Å². The van der Waals surface area contributed by atoms with E-state index in [2.05, 4.69) is 28.2 Å². The van der Waals surface area contributed by atoms with Crippen molar-refractivity contribution in [3.05, 3.63) is 30.1 Å². The normalized spacial score (nSPS) is 19.9. The minimum Gasteiger partial charge on any atom is -0.357 e. The first-order valence-electron chi connectivity index (χ1n) is 8.74. The van der Waals surface area contributed by atoms with Crippen LogP contribution in [0.5, 0.6) is 0 Å². The molecule has 23 heavy (non-hydrogen) atoms. The topological polar surface area (TPSA) is 40.5 Å². The van der Waals surface area contributed by atoms with Gasteiger partial charge in [-0.2, -0.15) is 0 Å². The van der Waals surface area contributed by atoms with Gasteiger partial charge in [-0.05, 0) is 43.7 Å². The van der Waals surface area contributed by atoms with Crippen LogP contribution in [0.4, 0.5) is 0 Å². The van der Waals surface area contributed by atoms with E-state index in [1.165, 1.54) is 38.6 Å². The lowest BCUT2D eigenvalue weighted by atomic mass is 9.86. The number of likely N-dealkylation sites (tertiary alicyclic amines) is 1. The maximum absolute atomic E-state index is 4.84. The summed E-state index contributed by atoms with van der Waals surface area (Å²) >= 11 is 0. The predicted molar refractivity (Wildman–Crippen MR) is 106 cm³/mol. The lowest BCUT2D eigenvalue weighted by Gasteiger charge is -2.26. The number of aliphatic imine (C=N–C) groups is 1. The molecule has 3 rings (SSSR count). The zero-order valence-electron chi connectivity index (χ0n) is 14.1. The van der Waals surface area contributed by atoms with Gasteiger partial charge in [0.15, 0.2) is 5.96 Å². The van der Waals surface area contributed by atoms with Crippen LogP contribution in [-0.2, 0) is 6.42 Å². The second-order valence-electron chi connectivity index (χ2n) is 6.69.